The number of unbranched alkanes of at least 4 members (excludes halogenated alkanes) is 1. The van der Waals surface area contributed by atoms with Gasteiger partial charge in [-0.1, -0.05) is 55.2 Å². The first-order valence-electron chi connectivity index (χ1n) is 6.79. The van der Waals surface area contributed by atoms with Gasteiger partial charge in [0.15, 0.2) is 0 Å². The van der Waals surface area contributed by atoms with Crippen LogP contribution in [-0.4, -0.2) is 0 Å². The molecule has 0 radical (unpaired) electrons. The Labute approximate surface area is 114 Å². The summed E-state index contributed by atoms with van der Waals surface area (Å²) in [6.07, 6.45) is 2.07. The lowest BCUT2D eigenvalue weighted by Crippen LogP contribution is -1.81. The van der Waals surface area contributed by atoms with Gasteiger partial charge in [0.05, 0.1) is 0 Å². The van der Waals surface area contributed by atoms with E-state index in [9.17, 15) is 0 Å². The quantitative estimate of drug-likeness (QED) is 0.410. The normalized spacial score (nSPS) is 10.4. The molecule has 3 rings (SSSR count). The van der Waals surface area contributed by atoms with Crippen molar-refractivity contribution in [3.05, 3.63) is 60.2 Å². The smallest absolute Gasteiger partial charge is 0.0323 e. The third-order valence-electron chi connectivity index (χ3n) is 3.34. The summed E-state index contributed by atoms with van der Waals surface area (Å²) in [7, 11) is 0. The number of hydrogen-bond acceptors (Lipinski definition) is 0. The fourth-order valence-electron chi connectivity index (χ4n) is 2.36. The zero-order valence-electron chi connectivity index (χ0n) is 11.1. The van der Waals surface area contributed by atoms with Gasteiger partial charge in [-0.2, -0.15) is 0 Å². The predicted molar refractivity (Wildman–Crippen MR) is 83.2 cm³/mol. The minimum absolute atomic E-state index is 0.962. The highest BCUT2D eigenvalue weighted by atomic mass is 14.0. The first-order chi connectivity index (χ1) is 9.38. The van der Waals surface area contributed by atoms with Gasteiger partial charge in [0, 0.05) is 12.0 Å². The van der Waals surface area contributed by atoms with Gasteiger partial charge < -0.3 is 0 Å². The number of hydrogen-bond donors (Lipinski definition) is 0. The SMILES string of the molecule is CCCC#Cc1cccc2cc3ccccc3cc12. The van der Waals surface area contributed by atoms with E-state index in [1.165, 1.54) is 21.5 Å². The highest BCUT2D eigenvalue weighted by Crippen LogP contribution is 2.25. The zero-order valence-corrected chi connectivity index (χ0v) is 11.1. The van der Waals surface area contributed by atoms with E-state index in [1.54, 1.807) is 0 Å². The van der Waals surface area contributed by atoms with Crippen molar-refractivity contribution in [2.24, 2.45) is 0 Å². The van der Waals surface area contributed by atoms with Crippen LogP contribution >= 0.6 is 0 Å². The van der Waals surface area contributed by atoms with Crippen LogP contribution in [0, 0.1) is 11.8 Å². The molecule has 0 heteroatoms. The fraction of sp³-hybridized carbons (Fsp3) is 0.158. The molecule has 92 valence electrons. The summed E-state index contributed by atoms with van der Waals surface area (Å²) < 4.78 is 0. The maximum absolute atomic E-state index is 3.30. The van der Waals surface area contributed by atoms with Gasteiger partial charge in [-0.05, 0) is 46.2 Å². The van der Waals surface area contributed by atoms with E-state index in [-0.39, 0.29) is 0 Å². The molecule has 0 heterocycles. The van der Waals surface area contributed by atoms with Crippen molar-refractivity contribution in [2.45, 2.75) is 19.8 Å². The van der Waals surface area contributed by atoms with Gasteiger partial charge in [-0.15, -0.1) is 0 Å². The molecule has 0 nitrogen and oxygen atoms in total. The molecule has 19 heavy (non-hydrogen) atoms. The minimum atomic E-state index is 0.962. The van der Waals surface area contributed by atoms with Crippen LogP contribution < -0.4 is 0 Å². The Morgan fingerprint density at radius 3 is 2.37 bits per heavy atom. The lowest BCUT2D eigenvalue weighted by molar-refractivity contribution is 0.983. The van der Waals surface area contributed by atoms with Gasteiger partial charge in [0.25, 0.3) is 0 Å². The van der Waals surface area contributed by atoms with Gasteiger partial charge in [-0.3, -0.25) is 0 Å². The fourth-order valence-corrected chi connectivity index (χ4v) is 2.36. The zero-order chi connectivity index (χ0) is 13.1. The average molecular weight is 244 g/mol. The molecule has 0 atom stereocenters. The molecule has 0 saturated heterocycles. The van der Waals surface area contributed by atoms with E-state index in [0.717, 1.165) is 18.4 Å². The van der Waals surface area contributed by atoms with Crippen molar-refractivity contribution >= 4 is 21.5 Å². The summed E-state index contributed by atoms with van der Waals surface area (Å²) in [5.74, 6) is 6.54. The second-order valence-corrected chi connectivity index (χ2v) is 4.78. The lowest BCUT2D eigenvalue weighted by atomic mass is 10.00. The molecule has 0 spiro atoms. The second-order valence-electron chi connectivity index (χ2n) is 4.78. The predicted octanol–water partition coefficient (Wildman–Crippen LogP) is 5.14. The lowest BCUT2D eigenvalue weighted by Gasteiger charge is -2.04. The third-order valence-corrected chi connectivity index (χ3v) is 3.34. The first kappa shape index (κ1) is 11.8. The largest absolute Gasteiger partial charge is 0.0979 e. The number of benzene rings is 3. The summed E-state index contributed by atoms with van der Waals surface area (Å²) in [6.45, 7) is 2.16. The summed E-state index contributed by atoms with van der Waals surface area (Å²) in [5.41, 5.74) is 1.14. The van der Waals surface area contributed by atoms with Crippen LogP contribution in [0.1, 0.15) is 25.3 Å². The van der Waals surface area contributed by atoms with Crippen molar-refractivity contribution in [1.29, 1.82) is 0 Å². The Hall–Kier alpha value is -2.26. The van der Waals surface area contributed by atoms with Crippen molar-refractivity contribution < 1.29 is 0 Å². The summed E-state index contributed by atoms with van der Waals surface area (Å²) in [5, 5.41) is 5.08. The van der Waals surface area contributed by atoms with E-state index in [1.807, 2.05) is 0 Å². The van der Waals surface area contributed by atoms with E-state index >= 15 is 0 Å². The molecule has 0 bridgehead atoms. The molecule has 0 saturated carbocycles. The standard InChI is InChI=1S/C19H16/c1-2-3-4-8-15-11-7-12-18-13-16-9-5-6-10-17(16)14-19(15)18/h5-7,9-14H,2-3H2,1H3. The molecule has 3 aromatic rings. The first-order valence-corrected chi connectivity index (χ1v) is 6.79. The molecular weight excluding hydrogens is 228 g/mol. The summed E-state index contributed by atoms with van der Waals surface area (Å²) in [6, 6.07) is 19.3. The second kappa shape index (κ2) is 5.16. The maximum Gasteiger partial charge on any atom is 0.0323 e. The van der Waals surface area contributed by atoms with Crippen molar-refractivity contribution in [2.75, 3.05) is 0 Å². The van der Waals surface area contributed by atoms with Crippen LogP contribution in [0.25, 0.3) is 21.5 Å². The maximum atomic E-state index is 3.30. The summed E-state index contributed by atoms with van der Waals surface area (Å²) in [4.78, 5) is 0. The molecular formula is C19H16. The molecule has 3 aromatic carbocycles. The van der Waals surface area contributed by atoms with Crippen molar-refractivity contribution in [1.82, 2.24) is 0 Å². The Kier molecular flexibility index (Phi) is 3.21. The molecule has 0 unspecified atom stereocenters. The summed E-state index contributed by atoms with van der Waals surface area (Å²) >= 11 is 0. The third kappa shape index (κ3) is 2.33. The van der Waals surface area contributed by atoms with Gasteiger partial charge in [0.2, 0.25) is 0 Å². The Morgan fingerprint density at radius 2 is 1.58 bits per heavy atom. The Balaban J connectivity index is 2.24. The molecule has 0 aliphatic heterocycles. The number of rotatable bonds is 1. The monoisotopic (exact) mass is 244 g/mol. The number of fused-ring (bicyclic) bond motifs is 2. The van der Waals surface area contributed by atoms with Crippen LogP contribution in [-0.2, 0) is 0 Å². The van der Waals surface area contributed by atoms with Gasteiger partial charge >= 0.3 is 0 Å². The van der Waals surface area contributed by atoms with E-state index in [4.69, 9.17) is 0 Å². The van der Waals surface area contributed by atoms with Crippen LogP contribution in [0.4, 0.5) is 0 Å². The molecule has 0 N–H and O–H groups in total. The van der Waals surface area contributed by atoms with Crippen LogP contribution in [0.3, 0.4) is 0 Å². The molecule has 0 aliphatic rings. The van der Waals surface area contributed by atoms with Gasteiger partial charge in [-0.25, -0.2) is 0 Å². The molecule has 0 aromatic heterocycles. The van der Waals surface area contributed by atoms with E-state index in [2.05, 4.69) is 73.4 Å². The Morgan fingerprint density at radius 1 is 0.842 bits per heavy atom. The van der Waals surface area contributed by atoms with Crippen LogP contribution in [0.15, 0.2) is 54.6 Å². The Bertz CT molecular complexity index is 785. The minimum Gasteiger partial charge on any atom is -0.0979 e. The molecule has 0 aliphatic carbocycles. The highest BCUT2D eigenvalue weighted by molar-refractivity contribution is 6.00. The van der Waals surface area contributed by atoms with Crippen LogP contribution in [0.2, 0.25) is 0 Å². The highest BCUT2D eigenvalue weighted by Gasteiger charge is 2.00. The van der Waals surface area contributed by atoms with Crippen LogP contribution in [0.5, 0.6) is 0 Å². The van der Waals surface area contributed by atoms with E-state index in [0.29, 0.717) is 0 Å². The topological polar surface area (TPSA) is 0 Å². The molecule has 0 amide bonds. The van der Waals surface area contributed by atoms with Crippen molar-refractivity contribution in [3.63, 3.8) is 0 Å². The average Bonchev–Trinajstić information content (AvgIpc) is 2.46. The van der Waals surface area contributed by atoms with E-state index < -0.39 is 0 Å². The van der Waals surface area contributed by atoms with Gasteiger partial charge in [0.1, 0.15) is 0 Å². The molecule has 0 fully saturated rings. The van der Waals surface area contributed by atoms with Crippen molar-refractivity contribution in [3.8, 4) is 11.8 Å².